The van der Waals surface area contributed by atoms with E-state index in [-0.39, 0.29) is 11.1 Å². The summed E-state index contributed by atoms with van der Waals surface area (Å²) in [6, 6.07) is 0.325. The van der Waals surface area contributed by atoms with Gasteiger partial charge < -0.3 is 9.26 Å². The fraction of sp³-hybridized carbons (Fsp3) is 0.364. The van der Waals surface area contributed by atoms with E-state index in [0.29, 0.717) is 6.07 Å². The highest BCUT2D eigenvalue weighted by atomic mass is 19.4. The van der Waals surface area contributed by atoms with Crippen LogP contribution < -0.4 is 0 Å². The zero-order valence-electron chi connectivity index (χ0n) is 10.6. The maximum atomic E-state index is 13.3. The fourth-order valence-electron chi connectivity index (χ4n) is 1.67. The second-order valence-corrected chi connectivity index (χ2v) is 4.07. The number of carbonyl (C=O) groups is 1. The molecule has 0 N–H and O–H groups in total. The minimum atomic E-state index is -5.86. The number of alkyl halides is 5. The van der Waals surface area contributed by atoms with Crippen molar-refractivity contribution in [1.29, 1.82) is 0 Å². The minimum absolute atomic E-state index is 0.0800. The molecule has 2 rings (SSSR count). The van der Waals surface area contributed by atoms with E-state index in [1.54, 1.807) is 0 Å². The molecule has 2 aromatic rings. The number of ether oxygens (including phenoxy) is 1. The molecule has 0 unspecified atom stereocenters. The Hall–Kier alpha value is -2.26. The highest BCUT2D eigenvalue weighted by molar-refractivity contribution is 6.03. The summed E-state index contributed by atoms with van der Waals surface area (Å²) in [6.45, 7) is 1.38. The van der Waals surface area contributed by atoms with Crippen LogP contribution in [-0.2, 0) is 10.7 Å². The largest absolute Gasteiger partial charge is 0.465 e. The van der Waals surface area contributed by atoms with Gasteiger partial charge in [-0.2, -0.15) is 22.0 Å². The van der Waals surface area contributed by atoms with E-state index in [9.17, 15) is 26.7 Å². The smallest absolute Gasteiger partial charge is 0.459 e. The summed E-state index contributed by atoms with van der Waals surface area (Å²) in [5, 5.41) is 3.31. The van der Waals surface area contributed by atoms with E-state index in [0.717, 1.165) is 7.11 Å². The van der Waals surface area contributed by atoms with Gasteiger partial charge in [0, 0.05) is 0 Å². The van der Waals surface area contributed by atoms with Gasteiger partial charge in [-0.05, 0) is 13.0 Å². The normalized spacial score (nSPS) is 12.7. The van der Waals surface area contributed by atoms with Gasteiger partial charge in [-0.15, -0.1) is 0 Å². The highest BCUT2D eigenvalue weighted by Crippen LogP contribution is 2.44. The van der Waals surface area contributed by atoms with E-state index in [2.05, 4.69) is 19.4 Å². The number of hydrogen-bond acceptors (Lipinski definition) is 5. The van der Waals surface area contributed by atoms with E-state index >= 15 is 0 Å². The van der Waals surface area contributed by atoms with Crippen LogP contribution in [0.4, 0.5) is 22.0 Å². The second kappa shape index (κ2) is 4.64. The molecule has 0 aliphatic heterocycles. The Morgan fingerprint density at radius 1 is 1.29 bits per heavy atom. The van der Waals surface area contributed by atoms with E-state index in [1.165, 1.54) is 6.92 Å². The van der Waals surface area contributed by atoms with Crippen molar-refractivity contribution in [2.45, 2.75) is 19.0 Å². The molecule has 0 amide bonds. The summed E-state index contributed by atoms with van der Waals surface area (Å²) in [5.41, 5.74) is -2.69. The van der Waals surface area contributed by atoms with Crippen LogP contribution in [0.1, 0.15) is 21.7 Å². The second-order valence-electron chi connectivity index (χ2n) is 4.07. The van der Waals surface area contributed by atoms with Crippen LogP contribution in [0.25, 0.3) is 11.1 Å². The van der Waals surface area contributed by atoms with Crippen LogP contribution in [-0.4, -0.2) is 29.4 Å². The van der Waals surface area contributed by atoms with E-state index < -0.39 is 35.0 Å². The number of fused-ring (bicyclic) bond motifs is 1. The van der Waals surface area contributed by atoms with Gasteiger partial charge in [0.05, 0.1) is 23.8 Å². The summed E-state index contributed by atoms with van der Waals surface area (Å²) in [4.78, 5) is 14.7. The first kappa shape index (κ1) is 15.1. The van der Waals surface area contributed by atoms with Gasteiger partial charge in [-0.1, -0.05) is 5.16 Å². The molecule has 2 aromatic heterocycles. The lowest BCUT2D eigenvalue weighted by Gasteiger charge is -2.19. The Balaban J connectivity index is 2.77. The Morgan fingerprint density at radius 3 is 2.43 bits per heavy atom. The van der Waals surface area contributed by atoms with Gasteiger partial charge in [0.25, 0.3) is 5.71 Å². The molecule has 2 heterocycles. The first-order valence-electron chi connectivity index (χ1n) is 5.40. The quantitative estimate of drug-likeness (QED) is 0.630. The molecule has 114 valence electrons. The molecule has 0 aliphatic carbocycles. The van der Waals surface area contributed by atoms with Crippen LogP contribution in [0, 0.1) is 6.92 Å². The molecule has 0 aromatic carbocycles. The van der Waals surface area contributed by atoms with Gasteiger partial charge in [0.15, 0.2) is 0 Å². The highest BCUT2D eigenvalue weighted by Gasteiger charge is 2.60. The Labute approximate surface area is 113 Å². The predicted octanol–water partition coefficient (Wildman–Crippen LogP) is 2.97. The lowest BCUT2D eigenvalue weighted by molar-refractivity contribution is -0.290. The summed E-state index contributed by atoms with van der Waals surface area (Å²) in [6.07, 6.45) is -5.86. The van der Waals surface area contributed by atoms with Crippen LogP contribution in [0.3, 0.4) is 0 Å². The first-order chi connectivity index (χ1) is 9.59. The standard InChI is InChI=1S/C11H7F5N2O3/c1-4-7-5(9(19)20-2)3-6(17-8(7)21-18-4)10(12,13)11(14,15)16/h3H,1-2H3. The summed E-state index contributed by atoms with van der Waals surface area (Å²) >= 11 is 0. The molecule has 0 radical (unpaired) electrons. The molecule has 10 heteroatoms. The predicted molar refractivity (Wildman–Crippen MR) is 57.8 cm³/mol. The Morgan fingerprint density at radius 2 is 1.90 bits per heavy atom. The number of esters is 1. The number of aromatic nitrogens is 2. The van der Waals surface area contributed by atoms with Gasteiger partial charge in [0.1, 0.15) is 5.69 Å². The zero-order chi connectivity index (χ0) is 16.0. The van der Waals surface area contributed by atoms with Crippen molar-refractivity contribution < 1.29 is 36.0 Å². The molecule has 5 nitrogen and oxygen atoms in total. The lowest BCUT2D eigenvalue weighted by Crippen LogP contribution is -2.34. The molecule has 0 fully saturated rings. The number of carbonyl (C=O) groups excluding carboxylic acids is 1. The zero-order valence-corrected chi connectivity index (χ0v) is 10.6. The van der Waals surface area contributed by atoms with Crippen molar-refractivity contribution in [1.82, 2.24) is 10.1 Å². The molecule has 0 aliphatic rings. The summed E-state index contributed by atoms with van der Waals surface area (Å²) in [5.74, 6) is -6.35. The third kappa shape index (κ3) is 2.30. The number of aryl methyl sites for hydroxylation is 1. The number of halogens is 5. The topological polar surface area (TPSA) is 65.2 Å². The number of methoxy groups -OCH3 is 1. The third-order valence-corrected chi connectivity index (χ3v) is 2.70. The molecule has 0 atom stereocenters. The van der Waals surface area contributed by atoms with E-state index in [4.69, 9.17) is 0 Å². The Bertz CT molecular complexity index is 708. The molecule has 21 heavy (non-hydrogen) atoms. The van der Waals surface area contributed by atoms with Crippen LogP contribution in [0.2, 0.25) is 0 Å². The number of hydrogen-bond donors (Lipinski definition) is 0. The van der Waals surface area contributed by atoms with Crippen LogP contribution >= 0.6 is 0 Å². The van der Waals surface area contributed by atoms with Crippen molar-refractivity contribution in [3.05, 3.63) is 23.0 Å². The van der Waals surface area contributed by atoms with Gasteiger partial charge in [0.2, 0.25) is 0 Å². The summed E-state index contributed by atoms with van der Waals surface area (Å²) < 4.78 is 72.8. The van der Waals surface area contributed by atoms with Gasteiger partial charge >= 0.3 is 18.1 Å². The fourth-order valence-corrected chi connectivity index (χ4v) is 1.67. The average Bonchev–Trinajstić information content (AvgIpc) is 2.77. The monoisotopic (exact) mass is 310 g/mol. The van der Waals surface area contributed by atoms with Crippen molar-refractivity contribution >= 4 is 17.1 Å². The van der Waals surface area contributed by atoms with Crippen molar-refractivity contribution in [3.63, 3.8) is 0 Å². The van der Waals surface area contributed by atoms with Gasteiger partial charge in [-0.25, -0.2) is 9.78 Å². The lowest BCUT2D eigenvalue weighted by atomic mass is 10.1. The molecule has 0 bridgehead atoms. The minimum Gasteiger partial charge on any atom is -0.465 e. The third-order valence-electron chi connectivity index (χ3n) is 2.70. The van der Waals surface area contributed by atoms with Crippen molar-refractivity contribution in [2.24, 2.45) is 0 Å². The maximum absolute atomic E-state index is 13.3. The number of nitrogens with zero attached hydrogens (tertiary/aromatic N) is 2. The summed E-state index contributed by atoms with van der Waals surface area (Å²) in [7, 11) is 0.957. The molecule has 0 spiro atoms. The Kier molecular flexibility index (Phi) is 3.34. The first-order valence-corrected chi connectivity index (χ1v) is 5.40. The van der Waals surface area contributed by atoms with E-state index in [1.807, 2.05) is 0 Å². The van der Waals surface area contributed by atoms with Crippen molar-refractivity contribution in [2.75, 3.05) is 7.11 Å². The molecule has 0 saturated carbocycles. The maximum Gasteiger partial charge on any atom is 0.459 e. The van der Waals surface area contributed by atoms with Crippen LogP contribution in [0.5, 0.6) is 0 Å². The van der Waals surface area contributed by atoms with Crippen molar-refractivity contribution in [3.8, 4) is 0 Å². The number of rotatable bonds is 2. The van der Waals surface area contributed by atoms with Gasteiger partial charge in [-0.3, -0.25) is 0 Å². The average molecular weight is 310 g/mol. The molecular weight excluding hydrogens is 303 g/mol. The molecule has 0 saturated heterocycles. The molecular formula is C11H7F5N2O3. The SMILES string of the molecule is COC(=O)c1cc(C(F)(F)C(F)(F)F)nc2onc(C)c12. The van der Waals surface area contributed by atoms with Crippen LogP contribution in [0.15, 0.2) is 10.6 Å². The number of pyridine rings is 1.